The van der Waals surface area contributed by atoms with Crippen molar-refractivity contribution in [2.45, 2.75) is 43.9 Å². The molecule has 1 aliphatic heterocycles. The molecule has 1 heterocycles. The highest BCUT2D eigenvalue weighted by molar-refractivity contribution is 7.89. The van der Waals surface area contributed by atoms with Crippen molar-refractivity contribution in [3.63, 3.8) is 0 Å². The molecule has 0 bridgehead atoms. The fourth-order valence-corrected chi connectivity index (χ4v) is 3.83. The summed E-state index contributed by atoms with van der Waals surface area (Å²) in [6, 6.07) is 7.30. The zero-order chi connectivity index (χ0) is 16.7. The Bertz CT molecular complexity index is 564. The van der Waals surface area contributed by atoms with Gasteiger partial charge in [-0.3, -0.25) is 0 Å². The molecule has 0 amide bonds. The summed E-state index contributed by atoms with van der Waals surface area (Å²) in [5.41, 5.74) is 1.21. The molecule has 23 heavy (non-hydrogen) atoms. The van der Waals surface area contributed by atoms with Crippen molar-refractivity contribution >= 4 is 10.0 Å². The minimum Gasteiger partial charge on any atom is -0.304 e. The molecule has 0 aliphatic carbocycles. The Morgan fingerprint density at radius 1 is 1.00 bits per heavy atom. The second-order valence-corrected chi connectivity index (χ2v) is 8.00. The number of likely N-dealkylation sites (N-methyl/N-ethyl adjacent to an activating group) is 1. The van der Waals surface area contributed by atoms with Gasteiger partial charge in [-0.1, -0.05) is 38.3 Å². The van der Waals surface area contributed by atoms with Crippen LogP contribution >= 0.6 is 0 Å². The second kappa shape index (κ2) is 8.78. The molecular formula is C17H29N3O2S. The van der Waals surface area contributed by atoms with Gasteiger partial charge in [0.05, 0.1) is 4.90 Å². The number of nitrogens with one attached hydrogen (secondary N) is 1. The number of sulfonamides is 1. The third kappa shape index (κ3) is 5.88. The Morgan fingerprint density at radius 3 is 2.26 bits per heavy atom. The highest BCUT2D eigenvalue weighted by atomic mass is 32.2. The molecule has 0 spiro atoms. The van der Waals surface area contributed by atoms with Crippen molar-refractivity contribution in [2.75, 3.05) is 33.2 Å². The number of hydrazine groups is 1. The maximum Gasteiger partial charge on any atom is 0.253 e. The molecule has 130 valence electrons. The molecule has 2 rings (SSSR count). The van der Waals surface area contributed by atoms with Crippen LogP contribution in [-0.4, -0.2) is 51.6 Å². The summed E-state index contributed by atoms with van der Waals surface area (Å²) in [7, 11) is -1.42. The normalized spacial score (nSPS) is 17.5. The maximum atomic E-state index is 12.4. The van der Waals surface area contributed by atoms with E-state index in [4.69, 9.17) is 0 Å². The number of rotatable bonds is 8. The standard InChI is InChI=1S/C17H29N3O2S/c1-3-4-5-6-7-16-8-10-17(11-9-16)23(21,22)18-20-14-12-19(2)13-15-20/h8-11,18H,3-7,12-15H2,1-2H3. The van der Waals surface area contributed by atoms with E-state index in [0.717, 1.165) is 19.5 Å². The number of piperazine rings is 1. The van der Waals surface area contributed by atoms with Gasteiger partial charge in [-0.2, -0.15) is 0 Å². The lowest BCUT2D eigenvalue weighted by atomic mass is 10.1. The molecule has 0 saturated carbocycles. The Morgan fingerprint density at radius 2 is 1.65 bits per heavy atom. The first-order valence-corrected chi connectivity index (χ1v) is 10.0. The molecule has 6 heteroatoms. The molecule has 1 aromatic rings. The van der Waals surface area contributed by atoms with Gasteiger partial charge in [0, 0.05) is 26.2 Å². The smallest absolute Gasteiger partial charge is 0.253 e. The van der Waals surface area contributed by atoms with Gasteiger partial charge >= 0.3 is 0 Å². The van der Waals surface area contributed by atoms with Gasteiger partial charge in [0.2, 0.25) is 0 Å². The van der Waals surface area contributed by atoms with Crippen LogP contribution in [0.2, 0.25) is 0 Å². The lowest BCUT2D eigenvalue weighted by Gasteiger charge is -2.32. The lowest BCUT2D eigenvalue weighted by molar-refractivity contribution is 0.135. The number of unbranched alkanes of at least 4 members (excludes halogenated alkanes) is 3. The average Bonchev–Trinajstić information content (AvgIpc) is 2.54. The molecular weight excluding hydrogens is 310 g/mol. The van der Waals surface area contributed by atoms with Crippen molar-refractivity contribution in [1.82, 2.24) is 14.7 Å². The van der Waals surface area contributed by atoms with Crippen molar-refractivity contribution in [3.05, 3.63) is 29.8 Å². The monoisotopic (exact) mass is 339 g/mol. The fourth-order valence-electron chi connectivity index (χ4n) is 2.71. The van der Waals surface area contributed by atoms with Gasteiger partial charge in [0.15, 0.2) is 0 Å². The van der Waals surface area contributed by atoms with Gasteiger partial charge < -0.3 is 4.90 Å². The molecule has 0 unspecified atom stereocenters. The summed E-state index contributed by atoms with van der Waals surface area (Å²) in [4.78, 5) is 5.22. The van der Waals surface area contributed by atoms with Gasteiger partial charge in [-0.15, -0.1) is 4.83 Å². The molecule has 1 fully saturated rings. The van der Waals surface area contributed by atoms with E-state index in [1.807, 2.05) is 19.2 Å². The number of nitrogens with zero attached hydrogens (tertiary/aromatic N) is 2. The van der Waals surface area contributed by atoms with Crippen LogP contribution in [0.4, 0.5) is 0 Å². The van der Waals surface area contributed by atoms with E-state index in [0.29, 0.717) is 18.0 Å². The molecule has 1 aromatic carbocycles. The fraction of sp³-hybridized carbons (Fsp3) is 0.647. The molecule has 5 nitrogen and oxygen atoms in total. The number of benzene rings is 1. The molecule has 0 atom stereocenters. The first kappa shape index (κ1) is 18.4. The number of hydrogen-bond donors (Lipinski definition) is 1. The van der Waals surface area contributed by atoms with Crippen LogP contribution in [0.3, 0.4) is 0 Å². The highest BCUT2D eigenvalue weighted by Gasteiger charge is 2.21. The lowest BCUT2D eigenvalue weighted by Crippen LogP contribution is -2.52. The van der Waals surface area contributed by atoms with Crippen molar-refractivity contribution < 1.29 is 8.42 Å². The summed E-state index contributed by atoms with van der Waals surface area (Å²) in [6.07, 6.45) is 5.92. The minimum absolute atomic E-state index is 0.341. The van der Waals surface area contributed by atoms with E-state index in [2.05, 4.69) is 16.7 Å². The van der Waals surface area contributed by atoms with E-state index >= 15 is 0 Å². The Kier molecular flexibility index (Phi) is 7.02. The second-order valence-electron chi connectivity index (χ2n) is 6.34. The summed E-state index contributed by atoms with van der Waals surface area (Å²) in [5.74, 6) is 0. The zero-order valence-electron chi connectivity index (χ0n) is 14.3. The zero-order valence-corrected chi connectivity index (χ0v) is 15.1. The van der Waals surface area contributed by atoms with Crippen LogP contribution in [0.5, 0.6) is 0 Å². The van der Waals surface area contributed by atoms with Crippen LogP contribution in [0.1, 0.15) is 38.2 Å². The largest absolute Gasteiger partial charge is 0.304 e. The van der Waals surface area contributed by atoms with Crippen LogP contribution in [0, 0.1) is 0 Å². The summed E-state index contributed by atoms with van der Waals surface area (Å²) in [5, 5.41) is 1.79. The van der Waals surface area contributed by atoms with Crippen LogP contribution in [-0.2, 0) is 16.4 Å². The van der Waals surface area contributed by atoms with Crippen molar-refractivity contribution in [3.8, 4) is 0 Å². The topological polar surface area (TPSA) is 52.7 Å². The quantitative estimate of drug-likeness (QED) is 0.738. The van der Waals surface area contributed by atoms with Gasteiger partial charge in [0.25, 0.3) is 10.0 Å². The van der Waals surface area contributed by atoms with Crippen molar-refractivity contribution in [2.24, 2.45) is 0 Å². The van der Waals surface area contributed by atoms with Crippen LogP contribution in [0.25, 0.3) is 0 Å². The molecule has 0 radical (unpaired) electrons. The van der Waals surface area contributed by atoms with E-state index in [9.17, 15) is 8.42 Å². The Labute approximate surface area is 140 Å². The Balaban J connectivity index is 1.89. The maximum absolute atomic E-state index is 12.4. The third-order valence-electron chi connectivity index (χ3n) is 4.31. The predicted molar refractivity (Wildman–Crippen MR) is 93.7 cm³/mol. The van der Waals surface area contributed by atoms with E-state index in [-0.39, 0.29) is 0 Å². The highest BCUT2D eigenvalue weighted by Crippen LogP contribution is 2.14. The Hall–Kier alpha value is -0.950. The molecule has 1 saturated heterocycles. The van der Waals surface area contributed by atoms with E-state index in [1.54, 1.807) is 17.1 Å². The van der Waals surface area contributed by atoms with Crippen LogP contribution in [0.15, 0.2) is 29.2 Å². The van der Waals surface area contributed by atoms with Crippen molar-refractivity contribution in [1.29, 1.82) is 0 Å². The minimum atomic E-state index is -3.47. The molecule has 1 N–H and O–H groups in total. The SMILES string of the molecule is CCCCCCc1ccc(S(=O)(=O)NN2CCN(C)CC2)cc1. The first-order chi connectivity index (χ1) is 11.0. The third-order valence-corrected chi connectivity index (χ3v) is 5.70. The summed E-state index contributed by atoms with van der Waals surface area (Å²) in [6.45, 7) is 5.38. The van der Waals surface area contributed by atoms with Gasteiger partial charge in [0.1, 0.15) is 0 Å². The number of hydrogen-bond acceptors (Lipinski definition) is 4. The van der Waals surface area contributed by atoms with E-state index < -0.39 is 10.0 Å². The van der Waals surface area contributed by atoms with E-state index in [1.165, 1.54) is 31.2 Å². The molecule has 0 aromatic heterocycles. The summed E-state index contributed by atoms with van der Waals surface area (Å²) < 4.78 is 24.9. The molecule has 1 aliphatic rings. The number of aryl methyl sites for hydroxylation is 1. The first-order valence-electron chi connectivity index (χ1n) is 8.56. The van der Waals surface area contributed by atoms with Gasteiger partial charge in [-0.05, 0) is 37.6 Å². The summed E-state index contributed by atoms with van der Waals surface area (Å²) >= 11 is 0. The average molecular weight is 340 g/mol. The van der Waals surface area contributed by atoms with Gasteiger partial charge in [-0.25, -0.2) is 13.4 Å². The predicted octanol–water partition coefficient (Wildman–Crippen LogP) is 2.25. The van der Waals surface area contributed by atoms with Crippen LogP contribution < -0.4 is 4.83 Å².